The van der Waals surface area contributed by atoms with E-state index in [9.17, 15) is 10.1 Å². The second kappa shape index (κ2) is 13.5. The number of anilines is 1. The number of carbonyl (C=O) groups excluding carboxylic acids is 1. The van der Waals surface area contributed by atoms with Crippen molar-refractivity contribution in [2.45, 2.75) is 50.7 Å². The van der Waals surface area contributed by atoms with Crippen molar-refractivity contribution in [1.82, 2.24) is 29.5 Å². The van der Waals surface area contributed by atoms with Gasteiger partial charge in [-0.25, -0.2) is 9.37 Å². The average Bonchev–Trinajstić information content (AvgIpc) is 3.50. The molecule has 260 valence electrons. The highest BCUT2D eigenvalue weighted by atomic mass is 19.1. The number of para-hydroxylation sites is 1. The van der Waals surface area contributed by atoms with Gasteiger partial charge in [0.1, 0.15) is 40.5 Å². The lowest BCUT2D eigenvalue weighted by Gasteiger charge is -2.52. The molecule has 3 fully saturated rings. The molecular formula is C38H43FN8O3. The van der Waals surface area contributed by atoms with Crippen LogP contribution in [0.4, 0.5) is 10.2 Å². The molecule has 1 atom stereocenters. The minimum absolute atomic E-state index is 0.101. The number of ether oxygens (including phenoxy) is 2. The van der Waals surface area contributed by atoms with Gasteiger partial charge in [-0.15, -0.1) is 0 Å². The number of nitriles is 1. The summed E-state index contributed by atoms with van der Waals surface area (Å²) >= 11 is 0. The van der Waals surface area contributed by atoms with Crippen LogP contribution in [0.1, 0.15) is 39.7 Å². The molecular weight excluding hydrogens is 635 g/mol. The third-order valence-corrected chi connectivity index (χ3v) is 10.4. The smallest absolute Gasteiger partial charge is 0.264 e. The number of nitrogens with zero attached hydrogens (tertiary/aromatic N) is 7. The van der Waals surface area contributed by atoms with Gasteiger partial charge in [-0.3, -0.25) is 19.3 Å². The van der Waals surface area contributed by atoms with Crippen molar-refractivity contribution in [1.29, 1.82) is 5.26 Å². The number of piperidine rings is 1. The normalized spacial score (nSPS) is 20.3. The van der Waals surface area contributed by atoms with Crippen molar-refractivity contribution in [3.05, 3.63) is 78.3 Å². The van der Waals surface area contributed by atoms with E-state index < -0.39 is 11.4 Å². The van der Waals surface area contributed by atoms with Gasteiger partial charge in [0.25, 0.3) is 5.91 Å². The zero-order valence-electron chi connectivity index (χ0n) is 28.8. The van der Waals surface area contributed by atoms with Gasteiger partial charge in [0, 0.05) is 62.6 Å². The van der Waals surface area contributed by atoms with Gasteiger partial charge in [-0.2, -0.15) is 10.4 Å². The Morgan fingerprint density at radius 3 is 2.54 bits per heavy atom. The molecule has 0 saturated carbocycles. The Morgan fingerprint density at radius 1 is 1.10 bits per heavy atom. The summed E-state index contributed by atoms with van der Waals surface area (Å²) in [6.45, 7) is 12.3. The fraction of sp³-hybridized carbons (Fsp3) is 0.421. The van der Waals surface area contributed by atoms with Crippen LogP contribution in [0.2, 0.25) is 0 Å². The molecule has 2 N–H and O–H groups in total. The number of likely N-dealkylation sites (tertiary alicyclic amines) is 1. The van der Waals surface area contributed by atoms with Crippen LogP contribution in [0.25, 0.3) is 22.2 Å². The monoisotopic (exact) mass is 678 g/mol. The molecule has 0 bridgehead atoms. The minimum atomic E-state index is -0.507. The van der Waals surface area contributed by atoms with Gasteiger partial charge in [-0.05, 0) is 70.0 Å². The summed E-state index contributed by atoms with van der Waals surface area (Å²) in [5.41, 5.74) is 7.48. The molecule has 3 aliphatic rings. The molecule has 0 aliphatic carbocycles. The van der Waals surface area contributed by atoms with E-state index in [1.807, 2.05) is 35.0 Å². The molecule has 0 spiro atoms. The van der Waals surface area contributed by atoms with E-state index in [0.29, 0.717) is 41.2 Å². The van der Waals surface area contributed by atoms with E-state index in [4.69, 9.17) is 20.3 Å². The Labute approximate surface area is 291 Å². The zero-order valence-corrected chi connectivity index (χ0v) is 28.8. The SMILES string of the molecule is CC(C)(C=C(C#N)C(=O)N1CCC[C@@H](n2nc(-c3ccc(Oc4ccccc4)cc3F)c3c(N)nccc32)C1)N1CCN(C2(C)COC2)CC1. The number of nitrogen functional groups attached to an aromatic ring is 1. The molecule has 2 aromatic carbocycles. The van der Waals surface area contributed by atoms with Crippen molar-refractivity contribution < 1.29 is 18.7 Å². The highest BCUT2D eigenvalue weighted by Crippen LogP contribution is 2.37. The number of piperazine rings is 1. The predicted octanol–water partition coefficient (Wildman–Crippen LogP) is 5.41. The van der Waals surface area contributed by atoms with E-state index in [1.165, 1.54) is 6.07 Å². The molecule has 0 radical (unpaired) electrons. The van der Waals surface area contributed by atoms with Crippen LogP contribution in [0.5, 0.6) is 11.5 Å². The van der Waals surface area contributed by atoms with E-state index in [1.54, 1.807) is 35.4 Å². The first-order valence-electron chi connectivity index (χ1n) is 17.2. The predicted molar refractivity (Wildman–Crippen MR) is 189 cm³/mol. The average molecular weight is 679 g/mol. The number of benzene rings is 2. The number of pyridine rings is 1. The largest absolute Gasteiger partial charge is 0.457 e. The second-order valence-corrected chi connectivity index (χ2v) is 14.3. The summed E-state index contributed by atoms with van der Waals surface area (Å²) in [5, 5.41) is 15.7. The van der Waals surface area contributed by atoms with Crippen LogP contribution >= 0.6 is 0 Å². The number of nitrogens with two attached hydrogens (primary N) is 1. The summed E-state index contributed by atoms with van der Waals surface area (Å²) in [6.07, 6.45) is 4.90. The quantitative estimate of drug-likeness (QED) is 0.192. The topological polar surface area (TPSA) is 126 Å². The number of aromatic nitrogens is 3. The number of hydrogen-bond donors (Lipinski definition) is 1. The van der Waals surface area contributed by atoms with E-state index in [2.05, 4.69) is 41.6 Å². The van der Waals surface area contributed by atoms with Gasteiger partial charge in [0.05, 0.1) is 35.7 Å². The molecule has 1 amide bonds. The molecule has 2 aromatic heterocycles. The third-order valence-electron chi connectivity index (χ3n) is 10.4. The van der Waals surface area contributed by atoms with Crippen molar-refractivity contribution in [2.24, 2.45) is 0 Å². The summed E-state index contributed by atoms with van der Waals surface area (Å²) < 4.78 is 28.9. The lowest BCUT2D eigenvalue weighted by Crippen LogP contribution is -2.66. The standard InChI is InChI=1S/C38H43FN8O3/c1-37(2,45-16-18-46(19-17-45)38(3)24-49-25-38)21-26(22-40)36(48)44-15-7-8-27(23-44)47-32-13-14-42-35(41)33(32)34(43-47)30-12-11-29(20-31(30)39)50-28-9-5-4-6-10-28/h4-6,9-14,20-21,27H,7-8,15-19,23-25H2,1-3H3,(H2,41,42)/t27-/m1/s1. The first kappa shape index (κ1) is 33.7. The summed E-state index contributed by atoms with van der Waals surface area (Å²) in [4.78, 5) is 24.8. The number of hydrogen-bond acceptors (Lipinski definition) is 9. The maximum Gasteiger partial charge on any atom is 0.264 e. The summed E-state index contributed by atoms with van der Waals surface area (Å²) in [7, 11) is 0. The highest BCUT2D eigenvalue weighted by molar-refractivity contribution is 6.00. The van der Waals surface area contributed by atoms with Crippen LogP contribution < -0.4 is 10.5 Å². The second-order valence-electron chi connectivity index (χ2n) is 14.3. The first-order chi connectivity index (χ1) is 24.1. The zero-order chi connectivity index (χ0) is 35.0. The summed E-state index contributed by atoms with van der Waals surface area (Å²) in [6, 6.07) is 17.7. The number of rotatable bonds is 8. The van der Waals surface area contributed by atoms with Crippen molar-refractivity contribution in [2.75, 3.05) is 58.2 Å². The molecule has 5 heterocycles. The van der Waals surface area contributed by atoms with Crippen LogP contribution in [-0.2, 0) is 9.53 Å². The van der Waals surface area contributed by atoms with Crippen LogP contribution in [0, 0.1) is 17.1 Å². The fourth-order valence-corrected chi connectivity index (χ4v) is 7.45. The molecule has 12 heteroatoms. The fourth-order valence-electron chi connectivity index (χ4n) is 7.45. The number of fused-ring (bicyclic) bond motifs is 1. The number of amides is 1. The Hall–Kier alpha value is -4.83. The van der Waals surface area contributed by atoms with Crippen LogP contribution in [0.15, 0.2) is 72.4 Å². The highest BCUT2D eigenvalue weighted by Gasteiger charge is 2.42. The van der Waals surface area contributed by atoms with Gasteiger partial charge in [0.15, 0.2) is 0 Å². The Balaban J connectivity index is 1.11. The summed E-state index contributed by atoms with van der Waals surface area (Å²) in [5.74, 6) is 0.404. The third kappa shape index (κ3) is 6.44. The van der Waals surface area contributed by atoms with E-state index in [0.717, 1.165) is 52.2 Å². The van der Waals surface area contributed by atoms with Gasteiger partial charge in [0.2, 0.25) is 0 Å². The van der Waals surface area contributed by atoms with Gasteiger partial charge < -0.3 is 20.1 Å². The molecule has 11 nitrogen and oxygen atoms in total. The van der Waals surface area contributed by atoms with E-state index in [-0.39, 0.29) is 34.4 Å². The van der Waals surface area contributed by atoms with Crippen LogP contribution in [-0.4, -0.2) is 98.9 Å². The Kier molecular flexibility index (Phi) is 9.07. The number of halogens is 1. The van der Waals surface area contributed by atoms with Crippen LogP contribution in [0.3, 0.4) is 0 Å². The molecule has 0 unspecified atom stereocenters. The Morgan fingerprint density at radius 2 is 1.86 bits per heavy atom. The first-order valence-corrected chi connectivity index (χ1v) is 17.2. The van der Waals surface area contributed by atoms with Gasteiger partial charge in [-0.1, -0.05) is 18.2 Å². The molecule has 3 saturated heterocycles. The minimum Gasteiger partial charge on any atom is -0.457 e. The molecule has 50 heavy (non-hydrogen) atoms. The lowest BCUT2D eigenvalue weighted by molar-refractivity contribution is -0.142. The van der Waals surface area contributed by atoms with E-state index >= 15 is 4.39 Å². The molecule has 4 aromatic rings. The van der Waals surface area contributed by atoms with Crippen molar-refractivity contribution in [3.63, 3.8) is 0 Å². The maximum absolute atomic E-state index is 15.7. The lowest BCUT2D eigenvalue weighted by atomic mass is 9.94. The van der Waals surface area contributed by atoms with Gasteiger partial charge >= 0.3 is 0 Å². The number of carbonyl (C=O) groups is 1. The van der Waals surface area contributed by atoms with Crippen molar-refractivity contribution in [3.8, 4) is 28.8 Å². The maximum atomic E-state index is 15.7. The molecule has 3 aliphatic heterocycles. The molecule has 7 rings (SSSR count). The van der Waals surface area contributed by atoms with Crippen molar-refractivity contribution >= 4 is 22.6 Å². The Bertz CT molecular complexity index is 1960.